The molecule has 0 atom stereocenters. The molecule has 0 bridgehead atoms. The summed E-state index contributed by atoms with van der Waals surface area (Å²) in [6, 6.07) is 11.1. The summed E-state index contributed by atoms with van der Waals surface area (Å²) in [6.45, 7) is 0. The summed E-state index contributed by atoms with van der Waals surface area (Å²) in [4.78, 5) is 4.16. The second kappa shape index (κ2) is 4.10. The molecule has 0 saturated carbocycles. The Morgan fingerprint density at radius 2 is 1.84 bits per heavy atom. The number of nitrogens with zero attached hydrogens (tertiary/aromatic N) is 2. The van der Waals surface area contributed by atoms with Gasteiger partial charge in [0.1, 0.15) is 5.75 Å². The number of pyridine rings is 1. The van der Waals surface area contributed by atoms with Gasteiger partial charge in [0.05, 0.1) is 22.1 Å². The fourth-order valence-electron chi connectivity index (χ4n) is 1.89. The van der Waals surface area contributed by atoms with E-state index < -0.39 is 10.0 Å². The lowest BCUT2D eigenvalue weighted by Crippen LogP contribution is -2.11. The van der Waals surface area contributed by atoms with Crippen LogP contribution in [-0.4, -0.2) is 22.5 Å². The predicted octanol–water partition coefficient (Wildman–Crippen LogP) is 1.98. The van der Waals surface area contributed by atoms with Crippen LogP contribution in [0.1, 0.15) is 0 Å². The van der Waals surface area contributed by atoms with Crippen LogP contribution in [0.25, 0.3) is 11.0 Å². The Balaban J connectivity index is 2.28. The van der Waals surface area contributed by atoms with Crippen LogP contribution in [0.2, 0.25) is 0 Å². The van der Waals surface area contributed by atoms with Gasteiger partial charge in [0.15, 0.2) is 0 Å². The first kappa shape index (κ1) is 11.7. The SMILES string of the molecule is O=S(=O)(c1ccccc1)n1ccc2ncc(O)cc21. The summed E-state index contributed by atoms with van der Waals surface area (Å²) in [5, 5.41) is 9.44. The van der Waals surface area contributed by atoms with Crippen molar-refractivity contribution in [2.75, 3.05) is 0 Å². The van der Waals surface area contributed by atoms with E-state index >= 15 is 0 Å². The standard InChI is InChI=1S/C13H10N2O3S/c16-10-8-13-12(14-9-10)6-7-15(13)19(17,18)11-4-2-1-3-5-11/h1-9,16H. The van der Waals surface area contributed by atoms with Crippen LogP contribution in [0.15, 0.2) is 59.8 Å². The molecule has 6 heteroatoms. The van der Waals surface area contributed by atoms with E-state index in [4.69, 9.17) is 0 Å². The molecule has 5 nitrogen and oxygen atoms in total. The first-order valence-electron chi connectivity index (χ1n) is 5.56. The summed E-state index contributed by atoms with van der Waals surface area (Å²) in [6.07, 6.45) is 2.71. The van der Waals surface area contributed by atoms with Gasteiger partial charge in [0.2, 0.25) is 0 Å². The third-order valence-electron chi connectivity index (χ3n) is 2.79. The van der Waals surface area contributed by atoms with Crippen molar-refractivity contribution < 1.29 is 13.5 Å². The van der Waals surface area contributed by atoms with Gasteiger partial charge in [0.25, 0.3) is 10.0 Å². The van der Waals surface area contributed by atoms with Gasteiger partial charge in [-0.15, -0.1) is 0 Å². The highest BCUT2D eigenvalue weighted by Crippen LogP contribution is 2.23. The fourth-order valence-corrected chi connectivity index (χ4v) is 3.25. The normalized spacial score (nSPS) is 11.8. The topological polar surface area (TPSA) is 72.2 Å². The lowest BCUT2D eigenvalue weighted by atomic mass is 10.4. The minimum Gasteiger partial charge on any atom is -0.506 e. The Labute approximate surface area is 109 Å². The smallest absolute Gasteiger partial charge is 0.268 e. The highest BCUT2D eigenvalue weighted by molar-refractivity contribution is 7.90. The second-order valence-electron chi connectivity index (χ2n) is 4.03. The highest BCUT2D eigenvalue weighted by atomic mass is 32.2. The van der Waals surface area contributed by atoms with Crippen molar-refractivity contribution in [3.8, 4) is 5.75 Å². The lowest BCUT2D eigenvalue weighted by Gasteiger charge is -2.07. The molecule has 3 aromatic rings. The minimum absolute atomic E-state index is 0.0734. The van der Waals surface area contributed by atoms with Gasteiger partial charge in [-0.3, -0.25) is 4.98 Å². The molecule has 0 radical (unpaired) electrons. The summed E-state index contributed by atoms with van der Waals surface area (Å²) in [5.41, 5.74) is 0.862. The van der Waals surface area contributed by atoms with E-state index in [9.17, 15) is 13.5 Å². The first-order valence-corrected chi connectivity index (χ1v) is 7.00. The van der Waals surface area contributed by atoms with Gasteiger partial charge in [0, 0.05) is 12.3 Å². The number of hydrogen-bond acceptors (Lipinski definition) is 4. The van der Waals surface area contributed by atoms with Crippen molar-refractivity contribution in [1.29, 1.82) is 0 Å². The van der Waals surface area contributed by atoms with Crippen molar-refractivity contribution in [1.82, 2.24) is 8.96 Å². The molecule has 0 fully saturated rings. The molecular weight excluding hydrogens is 264 g/mol. The third-order valence-corrected chi connectivity index (χ3v) is 4.49. The van der Waals surface area contributed by atoms with Crippen molar-refractivity contribution in [2.45, 2.75) is 4.90 Å². The lowest BCUT2D eigenvalue weighted by molar-refractivity contribution is 0.473. The van der Waals surface area contributed by atoms with E-state index in [1.165, 1.54) is 30.6 Å². The average Bonchev–Trinajstić information content (AvgIpc) is 2.83. The Kier molecular flexibility index (Phi) is 2.53. The van der Waals surface area contributed by atoms with Gasteiger partial charge in [-0.1, -0.05) is 18.2 Å². The van der Waals surface area contributed by atoms with Crippen LogP contribution in [0.5, 0.6) is 5.75 Å². The monoisotopic (exact) mass is 274 g/mol. The van der Waals surface area contributed by atoms with Gasteiger partial charge < -0.3 is 5.11 Å². The van der Waals surface area contributed by atoms with Gasteiger partial charge in [-0.2, -0.15) is 0 Å². The van der Waals surface area contributed by atoms with E-state index in [1.807, 2.05) is 0 Å². The van der Waals surface area contributed by atoms with E-state index in [1.54, 1.807) is 24.3 Å². The van der Waals surface area contributed by atoms with Crippen LogP contribution < -0.4 is 0 Å². The quantitative estimate of drug-likeness (QED) is 0.775. The average molecular weight is 274 g/mol. The molecule has 1 aromatic carbocycles. The number of benzene rings is 1. The number of aromatic hydroxyl groups is 1. The summed E-state index contributed by atoms with van der Waals surface area (Å²) in [7, 11) is -3.67. The van der Waals surface area contributed by atoms with E-state index in [2.05, 4.69) is 4.98 Å². The third kappa shape index (κ3) is 1.86. The summed E-state index contributed by atoms with van der Waals surface area (Å²) >= 11 is 0. The molecule has 0 aliphatic heterocycles. The highest BCUT2D eigenvalue weighted by Gasteiger charge is 2.18. The Morgan fingerprint density at radius 3 is 2.58 bits per heavy atom. The molecule has 19 heavy (non-hydrogen) atoms. The number of aromatic nitrogens is 2. The number of fused-ring (bicyclic) bond motifs is 1. The molecule has 2 aromatic heterocycles. The molecule has 0 spiro atoms. The van der Waals surface area contributed by atoms with Gasteiger partial charge in [-0.05, 0) is 18.2 Å². The molecule has 0 aliphatic carbocycles. The Hall–Kier alpha value is -2.34. The van der Waals surface area contributed by atoms with E-state index in [-0.39, 0.29) is 10.6 Å². The maximum Gasteiger partial charge on any atom is 0.268 e. The number of rotatable bonds is 2. The van der Waals surface area contributed by atoms with Gasteiger partial charge >= 0.3 is 0 Å². The molecule has 0 aliphatic rings. The molecule has 3 rings (SSSR count). The van der Waals surface area contributed by atoms with Crippen molar-refractivity contribution in [2.24, 2.45) is 0 Å². The Bertz CT molecular complexity index is 839. The molecule has 1 N–H and O–H groups in total. The number of hydrogen-bond donors (Lipinski definition) is 1. The maximum absolute atomic E-state index is 12.5. The van der Waals surface area contributed by atoms with E-state index in [0.29, 0.717) is 11.0 Å². The van der Waals surface area contributed by atoms with Crippen LogP contribution in [-0.2, 0) is 10.0 Å². The molecule has 96 valence electrons. The second-order valence-corrected chi connectivity index (χ2v) is 5.84. The molecule has 0 saturated heterocycles. The van der Waals surface area contributed by atoms with E-state index in [0.717, 1.165) is 3.97 Å². The van der Waals surface area contributed by atoms with Crippen molar-refractivity contribution in [3.05, 3.63) is 54.9 Å². The predicted molar refractivity (Wildman–Crippen MR) is 70.4 cm³/mol. The van der Waals surface area contributed by atoms with Crippen LogP contribution >= 0.6 is 0 Å². The Morgan fingerprint density at radius 1 is 1.11 bits per heavy atom. The zero-order chi connectivity index (χ0) is 13.5. The fraction of sp³-hybridized carbons (Fsp3) is 0. The molecular formula is C13H10N2O3S. The van der Waals surface area contributed by atoms with Crippen LogP contribution in [0.3, 0.4) is 0 Å². The van der Waals surface area contributed by atoms with Crippen molar-refractivity contribution in [3.63, 3.8) is 0 Å². The molecule has 2 heterocycles. The van der Waals surface area contributed by atoms with Crippen LogP contribution in [0, 0.1) is 0 Å². The van der Waals surface area contributed by atoms with Gasteiger partial charge in [-0.25, -0.2) is 12.4 Å². The maximum atomic E-state index is 12.5. The minimum atomic E-state index is -3.67. The molecule has 0 unspecified atom stereocenters. The first-order chi connectivity index (χ1) is 9.09. The summed E-state index contributed by atoms with van der Waals surface area (Å²) in [5.74, 6) is -0.0734. The summed E-state index contributed by atoms with van der Waals surface area (Å²) < 4.78 is 26.1. The largest absolute Gasteiger partial charge is 0.506 e. The molecule has 0 amide bonds. The zero-order valence-corrected chi connectivity index (χ0v) is 10.6. The zero-order valence-electron chi connectivity index (χ0n) is 9.76. The van der Waals surface area contributed by atoms with Crippen molar-refractivity contribution >= 4 is 21.1 Å². The van der Waals surface area contributed by atoms with Crippen LogP contribution in [0.4, 0.5) is 0 Å².